The molecule has 0 fully saturated rings. The van der Waals surface area contributed by atoms with Gasteiger partial charge in [-0.3, -0.25) is 0 Å². The summed E-state index contributed by atoms with van der Waals surface area (Å²) in [6, 6.07) is 5.54. The molecule has 0 bridgehead atoms. The Hall–Kier alpha value is -3.67. The topological polar surface area (TPSA) is 79.8 Å². The lowest BCUT2D eigenvalue weighted by Crippen LogP contribution is -2.21. The average Bonchev–Trinajstić information content (AvgIpc) is 3.09. The summed E-state index contributed by atoms with van der Waals surface area (Å²) in [5, 5.41) is 20.2. The summed E-state index contributed by atoms with van der Waals surface area (Å²) < 4.78 is 5.63. The van der Waals surface area contributed by atoms with E-state index < -0.39 is 5.63 Å². The molecule has 2 aliphatic rings. The molecule has 38 heavy (non-hydrogen) atoms. The van der Waals surface area contributed by atoms with Crippen LogP contribution in [0.25, 0.3) is 17.0 Å². The molecule has 202 valence electrons. The Balaban J connectivity index is 1.59. The van der Waals surface area contributed by atoms with Gasteiger partial charge < -0.3 is 24.4 Å². The molecule has 1 atom stereocenters. The second-order valence-electron chi connectivity index (χ2n) is 9.89. The van der Waals surface area contributed by atoms with Crippen molar-refractivity contribution in [2.75, 3.05) is 31.1 Å². The van der Waals surface area contributed by atoms with Crippen molar-refractivity contribution in [3.63, 3.8) is 0 Å². The summed E-state index contributed by atoms with van der Waals surface area (Å²) in [6.07, 6.45) is 15.9. The van der Waals surface area contributed by atoms with Crippen molar-refractivity contribution < 1.29 is 14.6 Å². The highest BCUT2D eigenvalue weighted by atomic mass is 16.4. The number of allylic oxidation sites excluding steroid dienone is 7. The zero-order valence-electron chi connectivity index (χ0n) is 23.1. The highest BCUT2D eigenvalue weighted by molar-refractivity contribution is 5.89. The van der Waals surface area contributed by atoms with Crippen molar-refractivity contribution in [1.82, 2.24) is 4.90 Å². The number of benzene rings is 1. The molecular formula is C32H41N2O4+. The number of nitrogens with zero attached hydrogens (tertiary/aromatic N) is 2. The summed E-state index contributed by atoms with van der Waals surface area (Å²) in [7, 11) is 0. The van der Waals surface area contributed by atoms with Crippen LogP contribution in [0.15, 0.2) is 80.4 Å². The maximum Gasteiger partial charge on any atom is 0.347 e. The Morgan fingerprint density at radius 3 is 2.47 bits per heavy atom. The van der Waals surface area contributed by atoms with Gasteiger partial charge in [-0.1, -0.05) is 18.2 Å². The number of rotatable bonds is 8. The van der Waals surface area contributed by atoms with Gasteiger partial charge in [0.15, 0.2) is 0 Å². The van der Waals surface area contributed by atoms with Crippen molar-refractivity contribution in [3.05, 3.63) is 87.2 Å². The van der Waals surface area contributed by atoms with Crippen LogP contribution in [-0.2, 0) is 0 Å². The fraction of sp³-hybridized carbons (Fsp3) is 0.406. The first-order chi connectivity index (χ1) is 18.4. The molecule has 0 saturated heterocycles. The largest absolute Gasteiger partial charge is 0.593 e. The maximum absolute atomic E-state index is 12.9. The normalized spacial score (nSPS) is 19.9. The van der Waals surface area contributed by atoms with Gasteiger partial charge in [0, 0.05) is 61.2 Å². The van der Waals surface area contributed by atoms with Gasteiger partial charge in [-0.15, -0.1) is 0 Å². The van der Waals surface area contributed by atoms with E-state index in [1.807, 2.05) is 12.1 Å². The molecule has 1 aromatic heterocycles. The third kappa shape index (κ3) is 5.90. The van der Waals surface area contributed by atoms with Crippen LogP contribution in [0.2, 0.25) is 0 Å². The Bertz CT molecular complexity index is 1370. The van der Waals surface area contributed by atoms with E-state index in [1.165, 1.54) is 11.3 Å². The van der Waals surface area contributed by atoms with E-state index in [0.717, 1.165) is 56.7 Å². The minimum Gasteiger partial charge on any atom is -0.593 e. The zero-order chi connectivity index (χ0) is 27.2. The summed E-state index contributed by atoms with van der Waals surface area (Å²) in [5.74, 6) is 0.476. The minimum atomic E-state index is -0.585. The molecule has 4 rings (SSSR count). The second kappa shape index (κ2) is 12.2. The molecule has 2 aromatic rings. The third-order valence-corrected chi connectivity index (χ3v) is 7.63. The first kappa shape index (κ1) is 27.4. The van der Waals surface area contributed by atoms with E-state index in [4.69, 9.17) is 9.52 Å². The second-order valence-corrected chi connectivity index (χ2v) is 9.89. The Labute approximate surface area is 225 Å². The molecule has 1 unspecified atom stereocenters. The summed E-state index contributed by atoms with van der Waals surface area (Å²) in [5.41, 5.74) is 4.12. The van der Waals surface area contributed by atoms with Crippen molar-refractivity contribution in [1.29, 1.82) is 0 Å². The quantitative estimate of drug-likeness (QED) is 0.331. The van der Waals surface area contributed by atoms with E-state index >= 15 is 0 Å². The molecule has 1 heterocycles. The first-order valence-electron chi connectivity index (χ1n) is 13.9. The number of likely N-dealkylation sites (N-methyl/N-ethyl adjacent to an activating group) is 1. The minimum absolute atomic E-state index is 0.0892. The van der Waals surface area contributed by atoms with Crippen LogP contribution in [0.1, 0.15) is 58.9 Å². The van der Waals surface area contributed by atoms with E-state index in [1.54, 1.807) is 18.2 Å². The van der Waals surface area contributed by atoms with Gasteiger partial charge in [0.1, 0.15) is 16.9 Å². The number of fused-ring (bicyclic) bond motifs is 1. The summed E-state index contributed by atoms with van der Waals surface area (Å²) >= 11 is 0. The highest BCUT2D eigenvalue weighted by Gasteiger charge is 2.21. The van der Waals surface area contributed by atoms with Crippen LogP contribution in [0, 0.1) is 5.92 Å². The predicted octanol–water partition coefficient (Wildman–Crippen LogP) is 6.25. The first-order valence-corrected chi connectivity index (χ1v) is 13.9. The lowest BCUT2D eigenvalue weighted by Gasteiger charge is -2.24. The average molecular weight is 518 g/mol. The molecule has 1 aromatic carbocycles. The van der Waals surface area contributed by atoms with E-state index in [2.05, 4.69) is 61.8 Å². The molecule has 0 spiro atoms. The highest BCUT2D eigenvalue weighted by Crippen LogP contribution is 2.34. The smallest absolute Gasteiger partial charge is 0.347 e. The third-order valence-electron chi connectivity index (χ3n) is 7.63. The van der Waals surface area contributed by atoms with Gasteiger partial charge >= 0.3 is 5.63 Å². The predicted molar refractivity (Wildman–Crippen MR) is 158 cm³/mol. The summed E-state index contributed by atoms with van der Waals surface area (Å²) in [6.45, 7) is 12.2. The fourth-order valence-electron chi connectivity index (χ4n) is 5.40. The van der Waals surface area contributed by atoms with Gasteiger partial charge in [0.2, 0.25) is 0 Å². The molecular weight excluding hydrogens is 476 g/mol. The molecule has 0 amide bonds. The van der Waals surface area contributed by atoms with Crippen LogP contribution < -0.4 is 10.5 Å². The lowest BCUT2D eigenvalue weighted by molar-refractivity contribution is 0.392. The fourth-order valence-corrected chi connectivity index (χ4v) is 5.40. The summed E-state index contributed by atoms with van der Waals surface area (Å²) in [4.78, 5) is 17.4. The van der Waals surface area contributed by atoms with E-state index in [-0.39, 0.29) is 17.2 Å². The van der Waals surface area contributed by atoms with Gasteiger partial charge in [-0.2, -0.15) is 0 Å². The molecule has 3 N–H and O–H groups in total. The lowest BCUT2D eigenvalue weighted by atomic mass is 9.96. The molecule has 0 saturated carbocycles. The van der Waals surface area contributed by atoms with Crippen molar-refractivity contribution in [2.45, 2.75) is 53.4 Å². The van der Waals surface area contributed by atoms with E-state index in [9.17, 15) is 9.90 Å². The van der Waals surface area contributed by atoms with Crippen molar-refractivity contribution in [2.24, 2.45) is 5.92 Å². The monoisotopic (exact) mass is 517 g/mol. The molecule has 6 heteroatoms. The van der Waals surface area contributed by atoms with Crippen molar-refractivity contribution >= 4 is 22.7 Å². The van der Waals surface area contributed by atoms with Crippen LogP contribution >= 0.6 is 0 Å². The van der Waals surface area contributed by atoms with Crippen molar-refractivity contribution in [3.8, 4) is 5.75 Å². The molecule has 0 aliphatic heterocycles. The number of anilines is 1. The Morgan fingerprint density at radius 1 is 1.08 bits per heavy atom. The van der Waals surface area contributed by atoms with Crippen LogP contribution in [0.5, 0.6) is 5.75 Å². The molecule has 6 nitrogen and oxygen atoms in total. The number of aromatic hydroxyl groups is 1. The van der Waals surface area contributed by atoms with Crippen LogP contribution in [-0.4, -0.2) is 41.3 Å². The van der Waals surface area contributed by atoms with Crippen LogP contribution in [0.3, 0.4) is 0 Å². The maximum atomic E-state index is 12.9. The Kier molecular flexibility index (Phi) is 8.82. The molecule has 0 radical (unpaired) electrons. The van der Waals surface area contributed by atoms with E-state index in [0.29, 0.717) is 23.1 Å². The Morgan fingerprint density at radius 2 is 1.82 bits per heavy atom. The number of hydrogen-bond donors (Lipinski definition) is 1. The SMILES string of the molecule is CCN(CC)C1=CC/C(=C\C2C=C([OH2+])/C(=C/c3c(O)c4ccc(N(CC)CC)cc4oc3=O)CCC2)C=C1. The molecule has 2 aliphatic carbocycles. The van der Waals surface area contributed by atoms with Gasteiger partial charge in [-0.25, -0.2) is 4.79 Å². The van der Waals surface area contributed by atoms with Gasteiger partial charge in [0.05, 0.1) is 5.39 Å². The van der Waals surface area contributed by atoms with Gasteiger partial charge in [-0.05, 0) is 83.2 Å². The van der Waals surface area contributed by atoms with Crippen LogP contribution in [0.4, 0.5) is 5.69 Å². The number of hydrogen-bond acceptors (Lipinski definition) is 5. The standard InChI is InChI=1S/C32H40N2O4/c1-5-33(6-2)25-14-12-22(13-15-25)18-23-10-9-11-24(29(35)19-23)20-28-31(36)27-17-16-26(34(7-3)8-4)21-30(27)38-32(28)37/h12,14-21,23,35-36H,5-11,13H2,1-4H3/p+1/b22-18-,24-20+. The zero-order valence-corrected chi connectivity index (χ0v) is 23.1. The van der Waals surface area contributed by atoms with Gasteiger partial charge in [0.25, 0.3) is 5.76 Å².